The van der Waals surface area contributed by atoms with Crippen molar-refractivity contribution in [3.8, 4) is 5.75 Å². The number of ether oxygens (including phenoxy) is 1. The van der Waals surface area contributed by atoms with Crippen LogP contribution in [0.3, 0.4) is 0 Å². The molecule has 29 heavy (non-hydrogen) atoms. The topological polar surface area (TPSA) is 92.9 Å². The molecular weight excluding hydrogens is 390 g/mol. The van der Waals surface area contributed by atoms with Crippen LogP contribution in [0.1, 0.15) is 18.7 Å². The van der Waals surface area contributed by atoms with E-state index in [1.54, 1.807) is 19.2 Å². The van der Waals surface area contributed by atoms with Crippen LogP contribution in [0.25, 0.3) is 11.0 Å². The van der Waals surface area contributed by atoms with Gasteiger partial charge in [0.2, 0.25) is 0 Å². The molecule has 0 aliphatic heterocycles. The highest BCUT2D eigenvalue weighted by Gasteiger charge is 2.13. The molecule has 1 aromatic heterocycles. The standard InChI is InChI=1S/C21H25N3O4S/c1-15(20-14-16-6-4-5-7-19(16)28-20)24-21(22-2)23-12-13-27-17-8-10-18(11-9-17)29(3,25)26/h4-11,14-15H,12-13H2,1-3H3,(H2,22,23,24). The fraction of sp³-hybridized carbons (Fsp3) is 0.286. The summed E-state index contributed by atoms with van der Waals surface area (Å²) in [5, 5.41) is 7.54. The van der Waals surface area contributed by atoms with Crippen LogP contribution < -0.4 is 15.4 Å². The van der Waals surface area contributed by atoms with E-state index in [0.717, 1.165) is 16.7 Å². The number of guanidine groups is 1. The van der Waals surface area contributed by atoms with E-state index in [9.17, 15) is 8.42 Å². The minimum atomic E-state index is -3.20. The third kappa shape index (κ3) is 5.51. The summed E-state index contributed by atoms with van der Waals surface area (Å²) in [5.41, 5.74) is 0.856. The molecule has 0 spiro atoms. The van der Waals surface area contributed by atoms with Crippen LogP contribution in [0.15, 0.2) is 68.9 Å². The van der Waals surface area contributed by atoms with Crippen molar-refractivity contribution in [2.45, 2.75) is 17.9 Å². The number of rotatable bonds is 7. The zero-order valence-electron chi connectivity index (χ0n) is 16.7. The molecule has 0 amide bonds. The van der Waals surface area contributed by atoms with Gasteiger partial charge in [0.1, 0.15) is 23.7 Å². The number of benzene rings is 2. The van der Waals surface area contributed by atoms with E-state index in [4.69, 9.17) is 9.15 Å². The summed E-state index contributed by atoms with van der Waals surface area (Å²) in [6.45, 7) is 2.93. The first kappa shape index (κ1) is 20.7. The molecule has 8 heteroatoms. The maximum Gasteiger partial charge on any atom is 0.191 e. The van der Waals surface area contributed by atoms with E-state index in [1.165, 1.54) is 18.4 Å². The fourth-order valence-electron chi connectivity index (χ4n) is 2.81. The largest absolute Gasteiger partial charge is 0.492 e. The zero-order chi connectivity index (χ0) is 20.9. The van der Waals surface area contributed by atoms with E-state index in [2.05, 4.69) is 15.6 Å². The van der Waals surface area contributed by atoms with E-state index < -0.39 is 9.84 Å². The van der Waals surface area contributed by atoms with Crippen LogP contribution in [-0.4, -0.2) is 40.8 Å². The Hall–Kier alpha value is -3.00. The Labute approximate surface area is 170 Å². The van der Waals surface area contributed by atoms with Crippen molar-refractivity contribution < 1.29 is 17.6 Å². The van der Waals surface area contributed by atoms with Crippen LogP contribution in [-0.2, 0) is 9.84 Å². The van der Waals surface area contributed by atoms with Gasteiger partial charge in [-0.2, -0.15) is 0 Å². The van der Waals surface area contributed by atoms with Crippen molar-refractivity contribution >= 4 is 26.8 Å². The van der Waals surface area contributed by atoms with Gasteiger partial charge in [-0.05, 0) is 43.3 Å². The third-order valence-electron chi connectivity index (χ3n) is 4.36. The number of hydrogen-bond donors (Lipinski definition) is 2. The smallest absolute Gasteiger partial charge is 0.191 e. The van der Waals surface area contributed by atoms with Crippen LogP contribution in [0.4, 0.5) is 0 Å². The van der Waals surface area contributed by atoms with Gasteiger partial charge < -0.3 is 19.8 Å². The molecule has 154 valence electrons. The van der Waals surface area contributed by atoms with Gasteiger partial charge in [-0.3, -0.25) is 4.99 Å². The van der Waals surface area contributed by atoms with E-state index in [-0.39, 0.29) is 10.9 Å². The number of para-hydroxylation sites is 1. The summed E-state index contributed by atoms with van der Waals surface area (Å²) in [6.07, 6.45) is 1.18. The molecule has 7 nitrogen and oxygen atoms in total. The van der Waals surface area contributed by atoms with Gasteiger partial charge in [0.15, 0.2) is 15.8 Å². The van der Waals surface area contributed by atoms with Crippen LogP contribution in [0, 0.1) is 0 Å². The molecule has 1 unspecified atom stereocenters. The van der Waals surface area contributed by atoms with Crippen LogP contribution >= 0.6 is 0 Å². The average Bonchev–Trinajstić information content (AvgIpc) is 3.14. The summed E-state index contributed by atoms with van der Waals surface area (Å²) in [5.74, 6) is 2.07. The van der Waals surface area contributed by atoms with E-state index >= 15 is 0 Å². The minimum Gasteiger partial charge on any atom is -0.492 e. The van der Waals surface area contributed by atoms with Crippen molar-refractivity contribution in [2.75, 3.05) is 26.5 Å². The van der Waals surface area contributed by atoms with Gasteiger partial charge in [0, 0.05) is 18.7 Å². The molecule has 3 rings (SSSR count). The Morgan fingerprint density at radius 2 is 1.90 bits per heavy atom. The lowest BCUT2D eigenvalue weighted by Gasteiger charge is -2.16. The number of sulfone groups is 1. The van der Waals surface area contributed by atoms with Gasteiger partial charge in [0.05, 0.1) is 17.5 Å². The molecule has 0 saturated carbocycles. The molecule has 0 fully saturated rings. The van der Waals surface area contributed by atoms with Gasteiger partial charge in [-0.1, -0.05) is 18.2 Å². The molecule has 2 N–H and O–H groups in total. The lowest BCUT2D eigenvalue weighted by molar-refractivity contribution is 0.321. The number of nitrogens with zero attached hydrogens (tertiary/aromatic N) is 1. The SMILES string of the molecule is CN=C(NCCOc1ccc(S(C)(=O)=O)cc1)NC(C)c1cc2ccccc2o1. The maximum atomic E-state index is 11.5. The Kier molecular flexibility index (Phi) is 6.43. The van der Waals surface area contributed by atoms with Crippen molar-refractivity contribution in [2.24, 2.45) is 4.99 Å². The summed E-state index contributed by atoms with van der Waals surface area (Å²) in [6, 6.07) is 16.2. The van der Waals surface area contributed by atoms with Gasteiger partial charge in [-0.25, -0.2) is 8.42 Å². The molecule has 0 radical (unpaired) electrons. The van der Waals surface area contributed by atoms with E-state index in [1.807, 2.05) is 37.3 Å². The summed E-state index contributed by atoms with van der Waals surface area (Å²) >= 11 is 0. The monoisotopic (exact) mass is 415 g/mol. The number of fused-ring (bicyclic) bond motifs is 1. The number of hydrogen-bond acceptors (Lipinski definition) is 5. The number of nitrogens with one attached hydrogen (secondary N) is 2. The molecule has 2 aromatic carbocycles. The Bertz CT molecular complexity index is 1060. The number of aliphatic imine (C=N–C) groups is 1. The first-order valence-electron chi connectivity index (χ1n) is 9.25. The predicted octanol–water partition coefficient (Wildman–Crippen LogP) is 3.14. The van der Waals surface area contributed by atoms with Crippen LogP contribution in [0.5, 0.6) is 5.75 Å². The Balaban J connectivity index is 1.47. The molecule has 3 aromatic rings. The summed E-state index contributed by atoms with van der Waals surface area (Å²) < 4.78 is 34.5. The molecule has 0 bridgehead atoms. The quantitative estimate of drug-likeness (QED) is 0.350. The third-order valence-corrected chi connectivity index (χ3v) is 5.49. The zero-order valence-corrected chi connectivity index (χ0v) is 17.5. The highest BCUT2D eigenvalue weighted by atomic mass is 32.2. The number of furan rings is 1. The summed E-state index contributed by atoms with van der Waals surface area (Å²) in [7, 11) is -1.50. The van der Waals surface area contributed by atoms with Crippen molar-refractivity contribution in [3.63, 3.8) is 0 Å². The normalized spacial score (nSPS) is 13.3. The molecule has 0 aliphatic carbocycles. The average molecular weight is 416 g/mol. The lowest BCUT2D eigenvalue weighted by Crippen LogP contribution is -2.40. The summed E-state index contributed by atoms with van der Waals surface area (Å²) in [4.78, 5) is 4.49. The molecule has 0 aliphatic rings. The van der Waals surface area contributed by atoms with Crippen LogP contribution in [0.2, 0.25) is 0 Å². The molecular formula is C21H25N3O4S. The van der Waals surface area contributed by atoms with Crippen molar-refractivity contribution in [3.05, 3.63) is 60.4 Å². The first-order valence-corrected chi connectivity index (χ1v) is 11.1. The fourth-order valence-corrected chi connectivity index (χ4v) is 3.44. The van der Waals surface area contributed by atoms with E-state index in [0.29, 0.717) is 24.9 Å². The first-order chi connectivity index (χ1) is 13.9. The van der Waals surface area contributed by atoms with Gasteiger partial charge >= 0.3 is 0 Å². The molecule has 0 saturated heterocycles. The second kappa shape index (κ2) is 9.00. The Morgan fingerprint density at radius 1 is 1.17 bits per heavy atom. The van der Waals surface area contributed by atoms with Gasteiger partial charge in [-0.15, -0.1) is 0 Å². The molecule has 1 atom stereocenters. The second-order valence-electron chi connectivity index (χ2n) is 6.64. The maximum absolute atomic E-state index is 11.5. The minimum absolute atomic E-state index is 0.0574. The second-order valence-corrected chi connectivity index (χ2v) is 8.66. The van der Waals surface area contributed by atoms with Crippen molar-refractivity contribution in [1.82, 2.24) is 10.6 Å². The van der Waals surface area contributed by atoms with Crippen molar-refractivity contribution in [1.29, 1.82) is 0 Å². The Morgan fingerprint density at radius 3 is 2.55 bits per heavy atom. The highest BCUT2D eigenvalue weighted by Crippen LogP contribution is 2.23. The van der Waals surface area contributed by atoms with Gasteiger partial charge in [0.25, 0.3) is 0 Å². The highest BCUT2D eigenvalue weighted by molar-refractivity contribution is 7.90. The lowest BCUT2D eigenvalue weighted by atomic mass is 10.2. The predicted molar refractivity (Wildman–Crippen MR) is 114 cm³/mol. The molecule has 1 heterocycles.